The Morgan fingerprint density at radius 1 is 0.287 bits per heavy atom. The third-order valence-corrected chi connectivity index (χ3v) is 21.8. The molecular formula is C82H160O17P2. The summed E-state index contributed by atoms with van der Waals surface area (Å²) in [5.41, 5.74) is 0. The van der Waals surface area contributed by atoms with Gasteiger partial charge in [0.15, 0.2) is 12.2 Å². The van der Waals surface area contributed by atoms with Crippen molar-refractivity contribution in [3.8, 4) is 0 Å². The molecule has 0 aliphatic rings. The molecule has 17 nitrogen and oxygen atoms in total. The molecule has 0 aromatic carbocycles. The molecule has 19 heteroatoms. The lowest BCUT2D eigenvalue weighted by atomic mass is 9.99. The van der Waals surface area contributed by atoms with E-state index >= 15 is 0 Å². The topological polar surface area (TPSA) is 237 Å². The minimum atomic E-state index is -4.96. The largest absolute Gasteiger partial charge is 0.472 e. The van der Waals surface area contributed by atoms with Gasteiger partial charge in [-0.05, 0) is 43.4 Å². The van der Waals surface area contributed by atoms with E-state index in [-0.39, 0.29) is 25.7 Å². The van der Waals surface area contributed by atoms with Crippen LogP contribution in [0, 0.1) is 17.8 Å². The average molecular weight is 1480 g/mol. The number of unbranched alkanes of at least 4 members (excludes halogenated alkanes) is 46. The Balaban J connectivity index is 5.13. The van der Waals surface area contributed by atoms with Crippen LogP contribution in [0.2, 0.25) is 0 Å². The quantitative estimate of drug-likeness (QED) is 0.0222. The third-order valence-electron chi connectivity index (χ3n) is 19.9. The average Bonchev–Trinajstić information content (AvgIpc) is 0.932. The maximum atomic E-state index is 13.1. The van der Waals surface area contributed by atoms with Gasteiger partial charge in [-0.15, -0.1) is 0 Å². The van der Waals surface area contributed by atoms with E-state index in [1.54, 1.807) is 0 Å². The summed E-state index contributed by atoms with van der Waals surface area (Å²) in [6.07, 6.45) is 61.5. The Labute approximate surface area is 619 Å². The number of rotatable bonds is 80. The minimum absolute atomic E-state index is 0.102. The maximum absolute atomic E-state index is 13.1. The zero-order valence-electron chi connectivity index (χ0n) is 66.4. The Hall–Kier alpha value is -1.94. The number of hydrogen-bond acceptors (Lipinski definition) is 15. The van der Waals surface area contributed by atoms with Crippen LogP contribution in [0.3, 0.4) is 0 Å². The highest BCUT2D eigenvalue weighted by Crippen LogP contribution is 2.45. The van der Waals surface area contributed by atoms with E-state index in [0.717, 1.165) is 108 Å². The van der Waals surface area contributed by atoms with Crippen molar-refractivity contribution in [2.45, 2.75) is 446 Å². The van der Waals surface area contributed by atoms with Gasteiger partial charge in [-0.3, -0.25) is 37.3 Å². The molecule has 0 bridgehead atoms. The smallest absolute Gasteiger partial charge is 0.462 e. The molecule has 0 spiro atoms. The lowest BCUT2D eigenvalue weighted by Crippen LogP contribution is -2.30. The van der Waals surface area contributed by atoms with E-state index in [9.17, 15) is 43.2 Å². The van der Waals surface area contributed by atoms with E-state index in [0.29, 0.717) is 31.6 Å². The third kappa shape index (κ3) is 73.4. The second kappa shape index (κ2) is 72.3. The molecule has 0 radical (unpaired) electrons. The van der Waals surface area contributed by atoms with Crippen LogP contribution in [0.15, 0.2) is 0 Å². The molecule has 0 heterocycles. The van der Waals surface area contributed by atoms with Crippen molar-refractivity contribution in [2.75, 3.05) is 39.6 Å². The summed E-state index contributed by atoms with van der Waals surface area (Å²) >= 11 is 0. The van der Waals surface area contributed by atoms with Gasteiger partial charge in [-0.1, -0.05) is 376 Å². The highest BCUT2D eigenvalue weighted by molar-refractivity contribution is 7.47. The first-order valence-corrected chi connectivity index (χ1v) is 45.4. The summed E-state index contributed by atoms with van der Waals surface area (Å²) in [7, 11) is -9.91. The molecular weight excluding hydrogens is 1320 g/mol. The predicted octanol–water partition coefficient (Wildman–Crippen LogP) is 24.5. The van der Waals surface area contributed by atoms with Gasteiger partial charge in [0.25, 0.3) is 0 Å². The first-order chi connectivity index (χ1) is 48.8. The number of carbonyl (C=O) groups excluding carboxylic acids is 4. The number of ether oxygens (including phenoxy) is 4. The van der Waals surface area contributed by atoms with Crippen LogP contribution in [-0.2, 0) is 65.4 Å². The summed E-state index contributed by atoms with van der Waals surface area (Å²) in [5.74, 6) is 0.295. The molecule has 600 valence electrons. The van der Waals surface area contributed by atoms with Crippen molar-refractivity contribution in [3.63, 3.8) is 0 Å². The van der Waals surface area contributed by atoms with Gasteiger partial charge in [0, 0.05) is 25.7 Å². The molecule has 0 aliphatic carbocycles. The van der Waals surface area contributed by atoms with Gasteiger partial charge in [-0.25, -0.2) is 9.13 Å². The fraction of sp³-hybridized carbons (Fsp3) is 0.951. The maximum Gasteiger partial charge on any atom is 0.472 e. The molecule has 0 aliphatic heterocycles. The van der Waals surface area contributed by atoms with E-state index in [4.69, 9.17) is 37.0 Å². The molecule has 0 aromatic heterocycles. The van der Waals surface area contributed by atoms with Crippen LogP contribution in [0.5, 0.6) is 0 Å². The van der Waals surface area contributed by atoms with Crippen LogP contribution in [-0.4, -0.2) is 96.7 Å². The molecule has 0 fully saturated rings. The highest BCUT2D eigenvalue weighted by atomic mass is 31.2. The second-order valence-corrected chi connectivity index (χ2v) is 33.4. The van der Waals surface area contributed by atoms with E-state index in [1.807, 2.05) is 0 Å². The van der Waals surface area contributed by atoms with Gasteiger partial charge >= 0.3 is 39.5 Å². The highest BCUT2D eigenvalue weighted by Gasteiger charge is 2.30. The SMILES string of the molecule is CCCCCCCCCCC(=O)OC[C@H](COP(=O)(O)OC[C@H](O)COP(=O)(O)OC[C@@H](COC(=O)CCCCCCCCCCCCCCCCCCCCC(C)CC)OC(=O)CCCCCCCCCCCCCCCCCCCCC(C)CC)OC(=O)CCCCCCCCC(C)C. The molecule has 0 amide bonds. The Bertz CT molecular complexity index is 1960. The standard InChI is InChI=1S/C82H160O17P2/c1-8-11-12-13-14-41-49-56-63-79(84)92-70-78(99-82(87)66-59-52-45-44-46-53-60-73(4)5)72-97-101(90,91)95-68-76(83)67-94-100(88,89)96-71-77(98-81(86)65-58-51-43-38-34-30-26-22-18-16-20-24-28-32-36-40-48-55-62-75(7)10-3)69-93-80(85)64-57-50-42-37-33-29-25-21-17-15-19-23-27-31-35-39-47-54-61-74(6)9-2/h73-78,83H,8-72H2,1-7H3,(H,88,89)(H,90,91)/t74?,75?,76-,77-,78-/m1/s1. The first kappa shape index (κ1) is 99.1. The zero-order chi connectivity index (χ0) is 74.4. The predicted molar refractivity (Wildman–Crippen MR) is 414 cm³/mol. The lowest BCUT2D eigenvalue weighted by molar-refractivity contribution is -0.161. The van der Waals surface area contributed by atoms with Crippen LogP contribution in [0.1, 0.15) is 427 Å². The van der Waals surface area contributed by atoms with Crippen molar-refractivity contribution >= 4 is 39.5 Å². The molecule has 0 saturated heterocycles. The van der Waals surface area contributed by atoms with Gasteiger partial charge < -0.3 is 33.8 Å². The Morgan fingerprint density at radius 2 is 0.505 bits per heavy atom. The number of esters is 4. The fourth-order valence-electron chi connectivity index (χ4n) is 12.6. The van der Waals surface area contributed by atoms with Crippen LogP contribution >= 0.6 is 15.6 Å². The number of phosphoric acid groups is 2. The van der Waals surface area contributed by atoms with Crippen LogP contribution in [0.4, 0.5) is 0 Å². The summed E-state index contributed by atoms with van der Waals surface area (Å²) in [6.45, 7) is 11.9. The molecule has 7 atom stereocenters. The molecule has 0 aromatic rings. The summed E-state index contributed by atoms with van der Waals surface area (Å²) in [5, 5.41) is 10.6. The van der Waals surface area contributed by atoms with Crippen molar-refractivity contribution in [1.29, 1.82) is 0 Å². The fourth-order valence-corrected chi connectivity index (χ4v) is 14.2. The molecule has 101 heavy (non-hydrogen) atoms. The molecule has 4 unspecified atom stereocenters. The van der Waals surface area contributed by atoms with Crippen molar-refractivity contribution in [2.24, 2.45) is 17.8 Å². The van der Waals surface area contributed by atoms with Crippen LogP contribution in [0.25, 0.3) is 0 Å². The monoisotopic (exact) mass is 1480 g/mol. The molecule has 0 saturated carbocycles. The van der Waals surface area contributed by atoms with Gasteiger partial charge in [0.05, 0.1) is 26.4 Å². The van der Waals surface area contributed by atoms with Crippen molar-refractivity contribution in [3.05, 3.63) is 0 Å². The van der Waals surface area contributed by atoms with Crippen LogP contribution < -0.4 is 0 Å². The van der Waals surface area contributed by atoms with E-state index in [1.165, 1.54) is 231 Å². The van der Waals surface area contributed by atoms with Gasteiger partial charge in [0.2, 0.25) is 0 Å². The number of aliphatic hydroxyl groups is 1. The summed E-state index contributed by atoms with van der Waals surface area (Å²) in [6, 6.07) is 0. The lowest BCUT2D eigenvalue weighted by Gasteiger charge is -2.21. The molecule has 3 N–H and O–H groups in total. The Kier molecular flexibility index (Phi) is 70.9. The Morgan fingerprint density at radius 3 is 0.752 bits per heavy atom. The number of carbonyl (C=O) groups is 4. The molecule has 0 rings (SSSR count). The van der Waals surface area contributed by atoms with E-state index in [2.05, 4.69) is 48.5 Å². The van der Waals surface area contributed by atoms with Crippen molar-refractivity contribution in [1.82, 2.24) is 0 Å². The second-order valence-electron chi connectivity index (χ2n) is 30.5. The summed E-state index contributed by atoms with van der Waals surface area (Å²) < 4.78 is 68.5. The number of aliphatic hydroxyl groups excluding tert-OH is 1. The number of phosphoric ester groups is 2. The number of hydrogen-bond donors (Lipinski definition) is 3. The van der Waals surface area contributed by atoms with E-state index < -0.39 is 97.5 Å². The minimum Gasteiger partial charge on any atom is -0.462 e. The van der Waals surface area contributed by atoms with Crippen molar-refractivity contribution < 1.29 is 80.2 Å². The normalized spacial score (nSPS) is 14.5. The first-order valence-electron chi connectivity index (χ1n) is 42.4. The summed E-state index contributed by atoms with van der Waals surface area (Å²) in [4.78, 5) is 72.8. The van der Waals surface area contributed by atoms with Gasteiger partial charge in [-0.2, -0.15) is 0 Å². The zero-order valence-corrected chi connectivity index (χ0v) is 68.2. The van der Waals surface area contributed by atoms with Gasteiger partial charge in [0.1, 0.15) is 19.3 Å².